The Labute approximate surface area is 107 Å². The van der Waals surface area contributed by atoms with E-state index in [0.29, 0.717) is 4.47 Å². The fourth-order valence-electron chi connectivity index (χ4n) is 1.17. The number of aryl methyl sites for hydroxylation is 1. The standard InChI is InChI=1S/C9H9BrN4O2S/c1-14-5-8(12-6-14)17(15,16)13-9-7(10)3-2-4-11-9/h2-6H,1H3,(H,11,13). The summed E-state index contributed by atoms with van der Waals surface area (Å²) in [5.41, 5.74) is 0. The van der Waals surface area contributed by atoms with Crippen molar-refractivity contribution < 1.29 is 8.42 Å². The van der Waals surface area contributed by atoms with E-state index in [1.54, 1.807) is 23.7 Å². The first kappa shape index (κ1) is 12.1. The molecular weight excluding hydrogens is 308 g/mol. The molecular formula is C9H9BrN4O2S. The lowest BCUT2D eigenvalue weighted by molar-refractivity contribution is 0.598. The number of anilines is 1. The summed E-state index contributed by atoms with van der Waals surface area (Å²) in [6.45, 7) is 0. The number of nitrogens with zero attached hydrogens (tertiary/aromatic N) is 3. The summed E-state index contributed by atoms with van der Waals surface area (Å²) in [6, 6.07) is 3.39. The van der Waals surface area contributed by atoms with E-state index in [-0.39, 0.29) is 10.8 Å². The number of aromatic nitrogens is 3. The average molecular weight is 317 g/mol. The summed E-state index contributed by atoms with van der Waals surface area (Å²) in [4.78, 5) is 7.71. The highest BCUT2D eigenvalue weighted by Crippen LogP contribution is 2.21. The van der Waals surface area contributed by atoms with Gasteiger partial charge in [-0.15, -0.1) is 0 Å². The lowest BCUT2D eigenvalue weighted by Crippen LogP contribution is -2.14. The average Bonchev–Trinajstić information content (AvgIpc) is 2.69. The molecule has 0 aliphatic rings. The van der Waals surface area contributed by atoms with E-state index in [1.165, 1.54) is 18.7 Å². The zero-order valence-corrected chi connectivity index (χ0v) is 11.2. The number of imidazole rings is 1. The number of sulfonamides is 1. The highest BCUT2D eigenvalue weighted by molar-refractivity contribution is 9.10. The molecule has 0 saturated heterocycles. The Morgan fingerprint density at radius 2 is 2.18 bits per heavy atom. The lowest BCUT2D eigenvalue weighted by atomic mass is 10.5. The van der Waals surface area contributed by atoms with Crippen LogP contribution in [-0.2, 0) is 17.1 Å². The van der Waals surface area contributed by atoms with E-state index in [0.717, 1.165) is 0 Å². The molecule has 0 radical (unpaired) electrons. The first-order valence-electron chi connectivity index (χ1n) is 4.60. The summed E-state index contributed by atoms with van der Waals surface area (Å²) in [7, 11) is -1.99. The molecule has 0 unspecified atom stereocenters. The number of nitrogens with one attached hydrogen (secondary N) is 1. The van der Waals surface area contributed by atoms with Crippen LogP contribution in [0.5, 0.6) is 0 Å². The number of rotatable bonds is 3. The van der Waals surface area contributed by atoms with Crippen molar-refractivity contribution in [2.75, 3.05) is 4.72 Å². The Hall–Kier alpha value is -1.41. The maximum atomic E-state index is 11.9. The van der Waals surface area contributed by atoms with Crippen LogP contribution in [0.1, 0.15) is 0 Å². The van der Waals surface area contributed by atoms with Gasteiger partial charge in [-0.2, -0.15) is 8.42 Å². The van der Waals surface area contributed by atoms with Crippen LogP contribution < -0.4 is 4.72 Å². The van der Waals surface area contributed by atoms with Crippen molar-refractivity contribution in [3.63, 3.8) is 0 Å². The summed E-state index contributed by atoms with van der Waals surface area (Å²) in [5, 5.41) is -0.0439. The Kier molecular flexibility index (Phi) is 3.16. The summed E-state index contributed by atoms with van der Waals surface area (Å²) >= 11 is 3.21. The maximum absolute atomic E-state index is 11.9. The van der Waals surface area contributed by atoms with Crippen LogP contribution in [0.3, 0.4) is 0 Å². The van der Waals surface area contributed by atoms with E-state index in [2.05, 4.69) is 30.6 Å². The fraction of sp³-hybridized carbons (Fsp3) is 0.111. The normalized spacial score (nSPS) is 11.4. The lowest BCUT2D eigenvalue weighted by Gasteiger charge is -2.05. The van der Waals surface area contributed by atoms with Gasteiger partial charge in [0.15, 0.2) is 10.8 Å². The molecule has 0 aliphatic carbocycles. The predicted octanol–water partition coefficient (Wildman–Crippen LogP) is 1.38. The largest absolute Gasteiger partial charge is 0.339 e. The molecule has 2 heterocycles. The molecule has 0 spiro atoms. The third kappa shape index (κ3) is 2.64. The molecule has 0 bridgehead atoms. The number of pyridine rings is 1. The van der Waals surface area contributed by atoms with Gasteiger partial charge in [-0.25, -0.2) is 9.97 Å². The smallest absolute Gasteiger partial charge is 0.282 e. The molecule has 0 fully saturated rings. The third-order valence-electron chi connectivity index (χ3n) is 1.95. The molecule has 6 nitrogen and oxygen atoms in total. The highest BCUT2D eigenvalue weighted by Gasteiger charge is 2.18. The molecule has 2 aromatic heterocycles. The monoisotopic (exact) mass is 316 g/mol. The van der Waals surface area contributed by atoms with Crippen molar-refractivity contribution in [1.29, 1.82) is 0 Å². The summed E-state index contributed by atoms with van der Waals surface area (Å²) < 4.78 is 28.3. The van der Waals surface area contributed by atoms with Gasteiger partial charge in [0.1, 0.15) is 0 Å². The van der Waals surface area contributed by atoms with Crippen LogP contribution in [0.25, 0.3) is 0 Å². The first-order valence-corrected chi connectivity index (χ1v) is 6.88. The van der Waals surface area contributed by atoms with Gasteiger partial charge in [0.2, 0.25) is 0 Å². The minimum absolute atomic E-state index is 0.0439. The van der Waals surface area contributed by atoms with Crippen molar-refractivity contribution in [2.24, 2.45) is 7.05 Å². The molecule has 17 heavy (non-hydrogen) atoms. The Balaban J connectivity index is 2.33. The van der Waals surface area contributed by atoms with Crippen LogP contribution in [0.4, 0.5) is 5.82 Å². The van der Waals surface area contributed by atoms with Crippen molar-refractivity contribution in [1.82, 2.24) is 14.5 Å². The van der Waals surface area contributed by atoms with Crippen LogP contribution in [0, 0.1) is 0 Å². The van der Waals surface area contributed by atoms with Gasteiger partial charge in [0.25, 0.3) is 10.0 Å². The Morgan fingerprint density at radius 3 is 2.76 bits per heavy atom. The van der Waals surface area contributed by atoms with Crippen LogP contribution in [-0.4, -0.2) is 23.0 Å². The van der Waals surface area contributed by atoms with Crippen molar-refractivity contribution in [2.45, 2.75) is 5.03 Å². The van der Waals surface area contributed by atoms with Crippen molar-refractivity contribution >= 4 is 31.8 Å². The molecule has 8 heteroatoms. The molecule has 0 amide bonds. The number of halogens is 1. The molecule has 0 saturated carbocycles. The van der Waals surface area contributed by atoms with Gasteiger partial charge in [-0.05, 0) is 28.1 Å². The topological polar surface area (TPSA) is 76.9 Å². The van der Waals surface area contributed by atoms with Gasteiger partial charge < -0.3 is 4.57 Å². The Bertz CT molecular complexity index is 638. The molecule has 2 aromatic rings. The zero-order chi connectivity index (χ0) is 12.5. The molecule has 0 aromatic carbocycles. The van der Waals surface area contributed by atoms with Gasteiger partial charge >= 0.3 is 0 Å². The predicted molar refractivity (Wildman–Crippen MR) is 66.0 cm³/mol. The zero-order valence-electron chi connectivity index (χ0n) is 8.83. The van der Waals surface area contributed by atoms with E-state index < -0.39 is 10.0 Å². The second-order valence-electron chi connectivity index (χ2n) is 3.32. The third-order valence-corrected chi connectivity index (χ3v) is 3.81. The molecule has 0 atom stereocenters. The second-order valence-corrected chi connectivity index (χ2v) is 5.80. The van der Waals surface area contributed by atoms with Crippen LogP contribution in [0.2, 0.25) is 0 Å². The molecule has 90 valence electrons. The molecule has 1 N–H and O–H groups in total. The van der Waals surface area contributed by atoms with Crippen molar-refractivity contribution in [3.05, 3.63) is 35.3 Å². The second kappa shape index (κ2) is 4.46. The van der Waals surface area contributed by atoms with Gasteiger partial charge in [0.05, 0.1) is 10.8 Å². The van der Waals surface area contributed by atoms with Crippen molar-refractivity contribution in [3.8, 4) is 0 Å². The first-order chi connectivity index (χ1) is 7.99. The summed E-state index contributed by atoms with van der Waals surface area (Å²) in [5.74, 6) is 0.234. The minimum atomic E-state index is -3.69. The van der Waals surface area contributed by atoms with Crippen LogP contribution in [0.15, 0.2) is 40.4 Å². The van der Waals surface area contributed by atoms with Gasteiger partial charge in [0, 0.05) is 19.4 Å². The summed E-state index contributed by atoms with van der Waals surface area (Å²) in [6.07, 6.45) is 4.34. The number of hydrogen-bond acceptors (Lipinski definition) is 4. The van der Waals surface area contributed by atoms with E-state index in [4.69, 9.17) is 0 Å². The fourth-order valence-corrected chi connectivity index (χ4v) is 2.67. The molecule has 0 aliphatic heterocycles. The highest BCUT2D eigenvalue weighted by atomic mass is 79.9. The maximum Gasteiger partial charge on any atom is 0.282 e. The van der Waals surface area contributed by atoms with Crippen LogP contribution >= 0.6 is 15.9 Å². The quantitative estimate of drug-likeness (QED) is 0.928. The van der Waals surface area contributed by atoms with E-state index >= 15 is 0 Å². The van der Waals surface area contributed by atoms with E-state index in [1.807, 2.05) is 0 Å². The van der Waals surface area contributed by atoms with E-state index in [9.17, 15) is 8.42 Å². The Morgan fingerprint density at radius 1 is 1.41 bits per heavy atom. The number of hydrogen-bond donors (Lipinski definition) is 1. The minimum Gasteiger partial charge on any atom is -0.339 e. The SMILES string of the molecule is Cn1cnc(S(=O)(=O)Nc2ncccc2Br)c1. The molecule has 2 rings (SSSR count). The van der Waals surface area contributed by atoms with Gasteiger partial charge in [-0.3, -0.25) is 4.72 Å². The van der Waals surface area contributed by atoms with Gasteiger partial charge in [-0.1, -0.05) is 0 Å².